The topological polar surface area (TPSA) is 12.9 Å². The van der Waals surface area contributed by atoms with Gasteiger partial charge in [0.15, 0.2) is 0 Å². The maximum absolute atomic E-state index is 5.09. The van der Waals surface area contributed by atoms with Crippen LogP contribution in [0.3, 0.4) is 0 Å². The van der Waals surface area contributed by atoms with Gasteiger partial charge in [0, 0.05) is 10.9 Å². The summed E-state index contributed by atoms with van der Waals surface area (Å²) in [6.45, 7) is 0. The Bertz CT molecular complexity index is 2960. The molecule has 0 spiro atoms. The number of hydrogen-bond acceptors (Lipinski definition) is 2. The van der Waals surface area contributed by atoms with Crippen LogP contribution in [0.2, 0.25) is 0 Å². The Morgan fingerprint density at radius 1 is 0.423 bits per heavy atom. The van der Waals surface area contributed by atoms with E-state index in [1.165, 1.54) is 81.5 Å². The summed E-state index contributed by atoms with van der Waals surface area (Å²) in [5.74, 6) is 0. The molecule has 2 heteroatoms. The zero-order valence-electron chi connectivity index (χ0n) is 28.3. The van der Waals surface area contributed by atoms with E-state index in [9.17, 15) is 0 Å². The minimum atomic E-state index is -0.490. The standard InChI is InChI=1S/C50H31NS/c1-4-13-35(14-5-1)49-51-45-29-26-34-22-20-33-21-23-36(30-43(33)46(34)48(45)52-49)37-25-27-41-42-28-24-32-12-10-11-19-40(32)47(42)50(44(41)31-37,38-15-6-2-7-16-38)39-17-8-3-9-18-39/h1-31H. The largest absolute Gasteiger partial charge is 0.236 e. The van der Waals surface area contributed by atoms with Crippen LogP contribution >= 0.6 is 11.3 Å². The van der Waals surface area contributed by atoms with Crippen LogP contribution in [0.4, 0.5) is 0 Å². The first-order valence-electron chi connectivity index (χ1n) is 17.9. The van der Waals surface area contributed by atoms with Gasteiger partial charge in [-0.05, 0) is 89.6 Å². The average molecular weight is 678 g/mol. The van der Waals surface area contributed by atoms with Gasteiger partial charge in [0.05, 0.1) is 15.6 Å². The molecule has 0 atom stereocenters. The molecule has 0 aliphatic heterocycles. The second kappa shape index (κ2) is 11.3. The smallest absolute Gasteiger partial charge is 0.124 e. The van der Waals surface area contributed by atoms with Gasteiger partial charge >= 0.3 is 0 Å². The Balaban J connectivity index is 1.18. The third kappa shape index (κ3) is 4.19. The Kier molecular flexibility index (Phi) is 6.40. The van der Waals surface area contributed by atoms with E-state index in [4.69, 9.17) is 4.98 Å². The monoisotopic (exact) mass is 677 g/mol. The SMILES string of the molecule is c1ccc(-c2nc3ccc4ccc5ccc(-c6ccc7c(c6)C(c6ccccc6)(c6ccccc6)c6c-7ccc7ccccc67)cc5c4c3s2)cc1. The van der Waals surface area contributed by atoms with Crippen molar-refractivity contribution >= 4 is 53.9 Å². The third-order valence-corrected chi connectivity index (χ3v) is 12.3. The number of fused-ring (bicyclic) bond motifs is 10. The first-order chi connectivity index (χ1) is 25.8. The molecule has 10 aromatic rings. The van der Waals surface area contributed by atoms with Gasteiger partial charge in [0.1, 0.15) is 5.01 Å². The van der Waals surface area contributed by atoms with Crippen LogP contribution in [0.1, 0.15) is 22.3 Å². The van der Waals surface area contributed by atoms with E-state index >= 15 is 0 Å². The van der Waals surface area contributed by atoms with Gasteiger partial charge in [-0.3, -0.25) is 0 Å². The van der Waals surface area contributed by atoms with E-state index in [-0.39, 0.29) is 0 Å². The molecular weight excluding hydrogens is 647 g/mol. The zero-order valence-corrected chi connectivity index (χ0v) is 29.1. The summed E-state index contributed by atoms with van der Waals surface area (Å²) in [6, 6.07) is 69.3. The highest BCUT2D eigenvalue weighted by Crippen LogP contribution is 2.58. The summed E-state index contributed by atoms with van der Waals surface area (Å²) in [5.41, 5.74) is 12.0. The molecule has 1 aliphatic carbocycles. The molecule has 0 radical (unpaired) electrons. The molecule has 0 saturated carbocycles. The highest BCUT2D eigenvalue weighted by molar-refractivity contribution is 7.22. The summed E-state index contributed by atoms with van der Waals surface area (Å²) in [5, 5.41) is 8.63. The fraction of sp³-hybridized carbons (Fsp3) is 0.0200. The van der Waals surface area contributed by atoms with Crippen LogP contribution in [0.5, 0.6) is 0 Å². The van der Waals surface area contributed by atoms with Crippen molar-refractivity contribution in [1.29, 1.82) is 0 Å². The number of aromatic nitrogens is 1. The Morgan fingerprint density at radius 2 is 1.00 bits per heavy atom. The normalized spacial score (nSPS) is 13.2. The van der Waals surface area contributed by atoms with Crippen LogP contribution in [0.15, 0.2) is 188 Å². The van der Waals surface area contributed by atoms with E-state index in [1.807, 2.05) is 0 Å². The van der Waals surface area contributed by atoms with Crippen LogP contribution in [0.25, 0.3) is 75.4 Å². The molecule has 242 valence electrons. The highest BCUT2D eigenvalue weighted by atomic mass is 32.1. The molecule has 0 N–H and O–H groups in total. The van der Waals surface area contributed by atoms with Gasteiger partial charge in [-0.2, -0.15) is 0 Å². The fourth-order valence-corrected chi connectivity index (χ4v) is 9.99. The van der Waals surface area contributed by atoms with Gasteiger partial charge in [-0.1, -0.05) is 170 Å². The molecule has 0 unspecified atom stereocenters. The summed E-state index contributed by atoms with van der Waals surface area (Å²) in [4.78, 5) is 5.09. The Hall–Kier alpha value is -6.35. The molecule has 9 aromatic carbocycles. The summed E-state index contributed by atoms with van der Waals surface area (Å²) in [7, 11) is 0. The van der Waals surface area contributed by atoms with Crippen molar-refractivity contribution in [2.75, 3.05) is 0 Å². The molecule has 11 rings (SSSR count). The lowest BCUT2D eigenvalue weighted by Gasteiger charge is -2.35. The average Bonchev–Trinajstić information content (AvgIpc) is 3.80. The summed E-state index contributed by atoms with van der Waals surface area (Å²) >= 11 is 1.79. The maximum Gasteiger partial charge on any atom is 0.124 e. The molecular formula is C50H31NS. The molecule has 1 nitrogen and oxygen atoms in total. The van der Waals surface area contributed by atoms with E-state index in [2.05, 4.69) is 188 Å². The number of hydrogen-bond donors (Lipinski definition) is 0. The Morgan fingerprint density at radius 3 is 1.79 bits per heavy atom. The van der Waals surface area contributed by atoms with E-state index in [1.54, 1.807) is 11.3 Å². The van der Waals surface area contributed by atoms with Crippen molar-refractivity contribution in [1.82, 2.24) is 4.98 Å². The third-order valence-electron chi connectivity index (χ3n) is 11.1. The van der Waals surface area contributed by atoms with Gasteiger partial charge in [0.25, 0.3) is 0 Å². The predicted molar refractivity (Wildman–Crippen MR) is 220 cm³/mol. The fourth-order valence-electron chi connectivity index (χ4n) is 8.85. The lowest BCUT2D eigenvalue weighted by Crippen LogP contribution is -2.28. The molecule has 0 bridgehead atoms. The molecule has 0 amide bonds. The minimum Gasteiger partial charge on any atom is -0.236 e. The van der Waals surface area contributed by atoms with Crippen molar-refractivity contribution in [3.63, 3.8) is 0 Å². The lowest BCUT2D eigenvalue weighted by atomic mass is 9.66. The van der Waals surface area contributed by atoms with Crippen LogP contribution in [-0.2, 0) is 5.41 Å². The van der Waals surface area contributed by atoms with Crippen LogP contribution in [0, 0.1) is 0 Å². The van der Waals surface area contributed by atoms with Gasteiger partial charge in [0.2, 0.25) is 0 Å². The van der Waals surface area contributed by atoms with E-state index in [0.29, 0.717) is 0 Å². The molecule has 1 aromatic heterocycles. The molecule has 0 saturated heterocycles. The second-order valence-electron chi connectivity index (χ2n) is 13.9. The number of rotatable bonds is 4. The van der Waals surface area contributed by atoms with Gasteiger partial charge in [-0.15, -0.1) is 11.3 Å². The first-order valence-corrected chi connectivity index (χ1v) is 18.7. The number of benzene rings is 9. The summed E-state index contributed by atoms with van der Waals surface area (Å²) < 4.78 is 1.24. The second-order valence-corrected chi connectivity index (χ2v) is 14.8. The number of nitrogens with zero attached hydrogens (tertiary/aromatic N) is 1. The van der Waals surface area contributed by atoms with E-state index < -0.39 is 5.41 Å². The molecule has 0 fully saturated rings. The van der Waals surface area contributed by atoms with Crippen molar-refractivity contribution in [3.8, 4) is 32.8 Å². The highest BCUT2D eigenvalue weighted by Gasteiger charge is 2.47. The van der Waals surface area contributed by atoms with E-state index in [0.717, 1.165) is 16.1 Å². The van der Waals surface area contributed by atoms with Gasteiger partial charge < -0.3 is 0 Å². The van der Waals surface area contributed by atoms with Gasteiger partial charge in [-0.25, -0.2) is 4.98 Å². The van der Waals surface area contributed by atoms with Crippen molar-refractivity contribution < 1.29 is 0 Å². The summed E-state index contributed by atoms with van der Waals surface area (Å²) in [6.07, 6.45) is 0. The first kappa shape index (κ1) is 29.4. The van der Waals surface area contributed by atoms with Crippen LogP contribution < -0.4 is 0 Å². The molecule has 1 aliphatic rings. The van der Waals surface area contributed by atoms with Crippen molar-refractivity contribution in [3.05, 3.63) is 210 Å². The lowest BCUT2D eigenvalue weighted by molar-refractivity contribution is 0.776. The van der Waals surface area contributed by atoms with Crippen molar-refractivity contribution in [2.24, 2.45) is 0 Å². The van der Waals surface area contributed by atoms with Crippen LogP contribution in [-0.4, -0.2) is 4.98 Å². The molecule has 1 heterocycles. The Labute approximate surface area is 306 Å². The maximum atomic E-state index is 5.09. The van der Waals surface area contributed by atoms with Crippen molar-refractivity contribution in [2.45, 2.75) is 5.41 Å². The number of thiazole rings is 1. The minimum absolute atomic E-state index is 0.490. The quantitative estimate of drug-likeness (QED) is 0.169. The predicted octanol–water partition coefficient (Wildman–Crippen LogP) is 13.5. The molecule has 52 heavy (non-hydrogen) atoms. The zero-order chi connectivity index (χ0) is 34.2.